The fraction of sp³-hybridized carbons (Fsp3) is 0.0698. The molecule has 0 atom stereocenters. The smallest absolute Gasteiger partial charge is 0.335 e. The number of nitrogens with zero attached hydrogens (tertiary/aromatic N) is 1. The molecule has 256 valence electrons. The van der Waals surface area contributed by atoms with Gasteiger partial charge in [0, 0.05) is 22.5 Å². The number of hydrogen-bond donors (Lipinski definition) is 3. The molecule has 0 aromatic heterocycles. The van der Waals surface area contributed by atoms with Crippen LogP contribution in [0.5, 0.6) is 0 Å². The van der Waals surface area contributed by atoms with E-state index in [1.807, 2.05) is 18.2 Å². The van der Waals surface area contributed by atoms with Gasteiger partial charge in [-0.15, -0.1) is 0 Å². The molecule has 0 aliphatic carbocycles. The standard InChI is InChI=1S/C43H31F2N3O4/c44-37-15-11-27(12-16-37)19-35-24-32(42(50)48-40-18-14-33(43(51)52)25-36(40)22-29-6-4-10-38(45)23-29)13-17-39(35)47-41(49)31-9-3-5-28(21-31)20-30-7-1-2-8-34(30)26-46/h1-18,21,23-25H,19-20,22H2,(H,47,49)(H,48,50)(H,51,52). The van der Waals surface area contributed by atoms with E-state index in [1.54, 1.807) is 72.8 Å². The summed E-state index contributed by atoms with van der Waals surface area (Å²) in [4.78, 5) is 39.0. The van der Waals surface area contributed by atoms with Crippen LogP contribution in [0.2, 0.25) is 0 Å². The lowest BCUT2D eigenvalue weighted by Gasteiger charge is -2.16. The first kappa shape index (κ1) is 34.9. The molecule has 6 aromatic carbocycles. The van der Waals surface area contributed by atoms with Gasteiger partial charge in [0.1, 0.15) is 11.6 Å². The maximum absolute atomic E-state index is 13.9. The van der Waals surface area contributed by atoms with Crippen molar-refractivity contribution in [3.05, 3.63) is 201 Å². The number of rotatable bonds is 11. The monoisotopic (exact) mass is 691 g/mol. The second kappa shape index (κ2) is 15.7. The number of amides is 2. The quantitative estimate of drug-likeness (QED) is 0.126. The zero-order chi connectivity index (χ0) is 36.6. The molecular weight excluding hydrogens is 660 g/mol. The van der Waals surface area contributed by atoms with E-state index in [1.165, 1.54) is 42.5 Å². The molecule has 0 fully saturated rings. The summed E-state index contributed by atoms with van der Waals surface area (Å²) < 4.78 is 27.7. The van der Waals surface area contributed by atoms with Crippen LogP contribution in [0, 0.1) is 23.0 Å². The van der Waals surface area contributed by atoms with Crippen molar-refractivity contribution < 1.29 is 28.3 Å². The Balaban J connectivity index is 1.27. The second-order valence-corrected chi connectivity index (χ2v) is 12.2. The minimum absolute atomic E-state index is 0.0172. The van der Waals surface area contributed by atoms with E-state index >= 15 is 0 Å². The van der Waals surface area contributed by atoms with Crippen molar-refractivity contribution in [2.24, 2.45) is 0 Å². The van der Waals surface area contributed by atoms with E-state index in [0.717, 1.165) is 16.7 Å². The van der Waals surface area contributed by atoms with Crippen LogP contribution in [-0.4, -0.2) is 22.9 Å². The zero-order valence-corrected chi connectivity index (χ0v) is 27.7. The van der Waals surface area contributed by atoms with Crippen molar-refractivity contribution in [3.8, 4) is 6.07 Å². The molecule has 0 aliphatic rings. The van der Waals surface area contributed by atoms with Crippen LogP contribution in [0.3, 0.4) is 0 Å². The minimum Gasteiger partial charge on any atom is -0.478 e. The normalized spacial score (nSPS) is 10.6. The molecule has 0 saturated carbocycles. The van der Waals surface area contributed by atoms with E-state index in [9.17, 15) is 33.5 Å². The Hall–Kier alpha value is -6.92. The number of carboxylic acid groups (broad SMARTS) is 1. The number of hydrogen-bond acceptors (Lipinski definition) is 4. The molecule has 3 N–H and O–H groups in total. The van der Waals surface area contributed by atoms with Gasteiger partial charge in [-0.3, -0.25) is 9.59 Å². The third-order valence-electron chi connectivity index (χ3n) is 8.53. The van der Waals surface area contributed by atoms with E-state index < -0.39 is 23.5 Å². The summed E-state index contributed by atoms with van der Waals surface area (Å²) >= 11 is 0. The Bertz CT molecular complexity index is 2350. The molecular formula is C43H31F2N3O4. The van der Waals surface area contributed by atoms with Crippen LogP contribution < -0.4 is 10.6 Å². The van der Waals surface area contributed by atoms with Crippen LogP contribution in [0.15, 0.2) is 133 Å². The van der Waals surface area contributed by atoms with Crippen molar-refractivity contribution in [2.75, 3.05) is 10.6 Å². The highest BCUT2D eigenvalue weighted by Crippen LogP contribution is 2.26. The molecule has 6 rings (SSSR count). The van der Waals surface area contributed by atoms with Gasteiger partial charge in [0.25, 0.3) is 11.8 Å². The molecule has 0 aliphatic heterocycles. The first-order chi connectivity index (χ1) is 25.1. The number of anilines is 2. The van der Waals surface area contributed by atoms with Crippen LogP contribution in [0.4, 0.5) is 20.2 Å². The third-order valence-corrected chi connectivity index (χ3v) is 8.53. The third kappa shape index (κ3) is 8.62. The van der Waals surface area contributed by atoms with Gasteiger partial charge in [0.05, 0.1) is 17.2 Å². The summed E-state index contributed by atoms with van der Waals surface area (Å²) in [6.45, 7) is 0. The fourth-order valence-electron chi connectivity index (χ4n) is 5.90. The SMILES string of the molecule is N#Cc1ccccc1Cc1cccc(C(=O)Nc2ccc(C(=O)Nc3ccc(C(=O)O)cc3Cc3cccc(F)c3)cc2Cc2ccc(F)cc2)c1. The van der Waals surface area contributed by atoms with Gasteiger partial charge in [-0.05, 0) is 132 Å². The Labute approximate surface area is 298 Å². The molecule has 0 heterocycles. The van der Waals surface area contributed by atoms with Gasteiger partial charge in [0.15, 0.2) is 0 Å². The topological polar surface area (TPSA) is 119 Å². The number of carbonyl (C=O) groups is 3. The largest absolute Gasteiger partial charge is 0.478 e. The molecule has 52 heavy (non-hydrogen) atoms. The van der Waals surface area contributed by atoms with Gasteiger partial charge in [-0.25, -0.2) is 13.6 Å². The van der Waals surface area contributed by atoms with Crippen molar-refractivity contribution in [1.29, 1.82) is 5.26 Å². The van der Waals surface area contributed by atoms with Gasteiger partial charge >= 0.3 is 5.97 Å². The fourth-order valence-corrected chi connectivity index (χ4v) is 5.90. The average molecular weight is 692 g/mol. The predicted octanol–water partition coefficient (Wildman–Crippen LogP) is 8.81. The number of carbonyl (C=O) groups excluding carboxylic acids is 2. The maximum atomic E-state index is 13.9. The van der Waals surface area contributed by atoms with Crippen molar-refractivity contribution in [1.82, 2.24) is 0 Å². The lowest BCUT2D eigenvalue weighted by Crippen LogP contribution is -2.17. The molecule has 0 bridgehead atoms. The highest BCUT2D eigenvalue weighted by Gasteiger charge is 2.17. The lowest BCUT2D eigenvalue weighted by atomic mass is 9.98. The minimum atomic E-state index is -1.14. The predicted molar refractivity (Wildman–Crippen MR) is 195 cm³/mol. The average Bonchev–Trinajstić information content (AvgIpc) is 3.14. The van der Waals surface area contributed by atoms with E-state index in [-0.39, 0.29) is 29.9 Å². The van der Waals surface area contributed by atoms with Crippen LogP contribution in [0.25, 0.3) is 0 Å². The first-order valence-corrected chi connectivity index (χ1v) is 16.3. The zero-order valence-electron chi connectivity index (χ0n) is 27.7. The number of aromatic carboxylic acids is 1. The van der Waals surface area contributed by atoms with Crippen molar-refractivity contribution in [2.45, 2.75) is 19.3 Å². The summed E-state index contributed by atoms with van der Waals surface area (Å²) in [7, 11) is 0. The number of benzene rings is 6. The molecule has 0 saturated heterocycles. The van der Waals surface area contributed by atoms with Gasteiger partial charge in [-0.1, -0.05) is 54.6 Å². The number of nitrogens with one attached hydrogen (secondary N) is 2. The molecule has 0 spiro atoms. The Morgan fingerprint density at radius 1 is 0.538 bits per heavy atom. The second-order valence-electron chi connectivity index (χ2n) is 12.2. The van der Waals surface area contributed by atoms with Crippen LogP contribution in [-0.2, 0) is 19.3 Å². The highest BCUT2D eigenvalue weighted by atomic mass is 19.1. The molecule has 0 unspecified atom stereocenters. The molecule has 7 nitrogen and oxygen atoms in total. The first-order valence-electron chi connectivity index (χ1n) is 16.3. The molecule has 9 heteroatoms. The molecule has 2 amide bonds. The van der Waals surface area contributed by atoms with Crippen LogP contribution >= 0.6 is 0 Å². The molecule has 6 aromatic rings. The summed E-state index contributed by atoms with van der Waals surface area (Å²) in [6.07, 6.45) is 0.898. The number of carboxylic acids is 1. The van der Waals surface area contributed by atoms with E-state index in [2.05, 4.69) is 16.7 Å². The number of nitriles is 1. The van der Waals surface area contributed by atoms with E-state index in [4.69, 9.17) is 0 Å². The molecule has 0 radical (unpaired) electrons. The van der Waals surface area contributed by atoms with Crippen molar-refractivity contribution in [3.63, 3.8) is 0 Å². The Morgan fingerprint density at radius 2 is 1.10 bits per heavy atom. The van der Waals surface area contributed by atoms with Gasteiger partial charge in [0.2, 0.25) is 0 Å². The van der Waals surface area contributed by atoms with E-state index in [0.29, 0.717) is 45.6 Å². The van der Waals surface area contributed by atoms with Gasteiger partial charge in [-0.2, -0.15) is 5.26 Å². The lowest BCUT2D eigenvalue weighted by molar-refractivity contribution is 0.0696. The summed E-state index contributed by atoms with van der Waals surface area (Å²) in [6, 6.07) is 37.6. The summed E-state index contributed by atoms with van der Waals surface area (Å²) in [5, 5.41) is 24.9. The van der Waals surface area contributed by atoms with Crippen molar-refractivity contribution >= 4 is 29.2 Å². The summed E-state index contributed by atoms with van der Waals surface area (Å²) in [5.41, 5.74) is 6.14. The summed E-state index contributed by atoms with van der Waals surface area (Å²) in [5.74, 6) is -2.85. The highest BCUT2D eigenvalue weighted by molar-refractivity contribution is 6.07. The Morgan fingerprint density at radius 3 is 1.75 bits per heavy atom. The number of halogens is 2. The van der Waals surface area contributed by atoms with Gasteiger partial charge < -0.3 is 15.7 Å². The van der Waals surface area contributed by atoms with Crippen LogP contribution in [0.1, 0.15) is 70.0 Å². The maximum Gasteiger partial charge on any atom is 0.335 e. The Kier molecular flexibility index (Phi) is 10.6.